The molecule has 0 aromatic heterocycles. The highest BCUT2D eigenvalue weighted by Crippen LogP contribution is 2.27. The standard InChI is InChI=1S/C18H22FNO/c1-4-17(14-6-8-15(19)9-7-14)20-18-11-10-16(21-5-2)12-13(18)3/h6-12,17,20H,4-5H2,1-3H3. The maximum atomic E-state index is 13.0. The second-order valence-corrected chi connectivity index (χ2v) is 5.07. The van der Waals surface area contributed by atoms with Gasteiger partial charge < -0.3 is 10.1 Å². The van der Waals surface area contributed by atoms with Gasteiger partial charge in [-0.2, -0.15) is 0 Å². The lowest BCUT2D eigenvalue weighted by Crippen LogP contribution is -2.10. The maximum Gasteiger partial charge on any atom is 0.123 e. The van der Waals surface area contributed by atoms with Crippen molar-refractivity contribution in [3.05, 3.63) is 59.4 Å². The molecule has 0 saturated heterocycles. The van der Waals surface area contributed by atoms with E-state index in [0.29, 0.717) is 6.61 Å². The second kappa shape index (κ2) is 7.11. The van der Waals surface area contributed by atoms with Crippen LogP contribution in [-0.4, -0.2) is 6.61 Å². The third kappa shape index (κ3) is 3.97. The summed E-state index contributed by atoms with van der Waals surface area (Å²) in [5.74, 6) is 0.682. The molecule has 0 heterocycles. The third-order valence-electron chi connectivity index (χ3n) is 3.52. The molecule has 2 rings (SSSR count). The number of anilines is 1. The highest BCUT2D eigenvalue weighted by Gasteiger charge is 2.11. The van der Waals surface area contributed by atoms with E-state index >= 15 is 0 Å². The van der Waals surface area contributed by atoms with Crippen LogP contribution in [0.2, 0.25) is 0 Å². The van der Waals surface area contributed by atoms with Gasteiger partial charge in [0, 0.05) is 5.69 Å². The fourth-order valence-electron chi connectivity index (χ4n) is 2.36. The summed E-state index contributed by atoms with van der Waals surface area (Å²) in [7, 11) is 0. The number of hydrogen-bond donors (Lipinski definition) is 1. The predicted molar refractivity (Wildman–Crippen MR) is 85.4 cm³/mol. The highest BCUT2D eigenvalue weighted by molar-refractivity contribution is 5.55. The van der Waals surface area contributed by atoms with Crippen LogP contribution in [0.25, 0.3) is 0 Å². The van der Waals surface area contributed by atoms with Crippen LogP contribution in [-0.2, 0) is 0 Å². The Bertz CT molecular complexity index is 580. The lowest BCUT2D eigenvalue weighted by molar-refractivity contribution is 0.340. The summed E-state index contributed by atoms with van der Waals surface area (Å²) in [4.78, 5) is 0. The lowest BCUT2D eigenvalue weighted by Gasteiger charge is -2.20. The second-order valence-electron chi connectivity index (χ2n) is 5.07. The van der Waals surface area contributed by atoms with E-state index in [1.807, 2.05) is 37.3 Å². The van der Waals surface area contributed by atoms with Gasteiger partial charge in [-0.15, -0.1) is 0 Å². The minimum absolute atomic E-state index is 0.169. The van der Waals surface area contributed by atoms with E-state index in [1.54, 1.807) is 0 Å². The van der Waals surface area contributed by atoms with Crippen molar-refractivity contribution in [3.8, 4) is 5.75 Å². The number of ether oxygens (including phenoxy) is 1. The van der Waals surface area contributed by atoms with Crippen molar-refractivity contribution in [2.75, 3.05) is 11.9 Å². The molecule has 21 heavy (non-hydrogen) atoms. The van der Waals surface area contributed by atoms with E-state index < -0.39 is 0 Å². The van der Waals surface area contributed by atoms with Crippen molar-refractivity contribution >= 4 is 5.69 Å². The summed E-state index contributed by atoms with van der Waals surface area (Å²) in [5, 5.41) is 3.52. The van der Waals surface area contributed by atoms with Gasteiger partial charge >= 0.3 is 0 Å². The van der Waals surface area contributed by atoms with Crippen molar-refractivity contribution in [1.82, 2.24) is 0 Å². The van der Waals surface area contributed by atoms with Gasteiger partial charge in [-0.05, 0) is 61.7 Å². The van der Waals surface area contributed by atoms with Gasteiger partial charge in [0.15, 0.2) is 0 Å². The summed E-state index contributed by atoms with van der Waals surface area (Å²) in [6.45, 7) is 6.82. The first-order valence-electron chi connectivity index (χ1n) is 7.39. The van der Waals surface area contributed by atoms with Crippen molar-refractivity contribution in [1.29, 1.82) is 0 Å². The van der Waals surface area contributed by atoms with E-state index in [-0.39, 0.29) is 11.9 Å². The molecule has 0 radical (unpaired) electrons. The molecule has 3 heteroatoms. The number of hydrogen-bond acceptors (Lipinski definition) is 2. The zero-order valence-corrected chi connectivity index (χ0v) is 12.8. The van der Waals surface area contributed by atoms with Crippen LogP contribution in [0, 0.1) is 12.7 Å². The van der Waals surface area contributed by atoms with Crippen LogP contribution in [0.5, 0.6) is 5.75 Å². The molecule has 0 amide bonds. The van der Waals surface area contributed by atoms with Gasteiger partial charge in [0.1, 0.15) is 11.6 Å². The van der Waals surface area contributed by atoms with Gasteiger partial charge in [0.2, 0.25) is 0 Å². The fourth-order valence-corrected chi connectivity index (χ4v) is 2.36. The Morgan fingerprint density at radius 1 is 1.10 bits per heavy atom. The van der Waals surface area contributed by atoms with Crippen LogP contribution >= 0.6 is 0 Å². The van der Waals surface area contributed by atoms with Crippen LogP contribution in [0.15, 0.2) is 42.5 Å². The fraction of sp³-hybridized carbons (Fsp3) is 0.333. The minimum atomic E-state index is -0.203. The number of halogens is 1. The Kier molecular flexibility index (Phi) is 5.20. The summed E-state index contributed by atoms with van der Waals surface area (Å²) in [6.07, 6.45) is 0.929. The molecular weight excluding hydrogens is 265 g/mol. The topological polar surface area (TPSA) is 21.3 Å². The Labute approximate surface area is 126 Å². The van der Waals surface area contributed by atoms with Crippen molar-refractivity contribution < 1.29 is 9.13 Å². The molecule has 0 spiro atoms. The molecule has 0 fully saturated rings. The van der Waals surface area contributed by atoms with Gasteiger partial charge in [-0.25, -0.2) is 4.39 Å². The molecule has 0 bridgehead atoms. The molecule has 0 aliphatic heterocycles. The molecule has 2 aromatic carbocycles. The van der Waals surface area contributed by atoms with Gasteiger partial charge in [-0.3, -0.25) is 0 Å². The number of nitrogens with one attached hydrogen (secondary N) is 1. The van der Waals surface area contributed by atoms with Crippen molar-refractivity contribution in [2.24, 2.45) is 0 Å². The van der Waals surface area contributed by atoms with Crippen LogP contribution in [0.3, 0.4) is 0 Å². The zero-order chi connectivity index (χ0) is 15.2. The molecule has 0 aliphatic rings. The zero-order valence-electron chi connectivity index (χ0n) is 12.8. The molecule has 1 atom stereocenters. The average molecular weight is 287 g/mol. The summed E-state index contributed by atoms with van der Waals surface area (Å²) < 4.78 is 18.5. The first-order chi connectivity index (χ1) is 10.1. The molecule has 0 saturated carbocycles. The summed E-state index contributed by atoms with van der Waals surface area (Å²) >= 11 is 0. The Morgan fingerprint density at radius 2 is 1.81 bits per heavy atom. The predicted octanol–water partition coefficient (Wildman–Crippen LogP) is 5.10. The van der Waals surface area contributed by atoms with E-state index in [1.165, 1.54) is 12.1 Å². The SMILES string of the molecule is CCOc1ccc(NC(CC)c2ccc(F)cc2)c(C)c1. The van der Waals surface area contributed by atoms with E-state index in [0.717, 1.165) is 29.0 Å². The first kappa shape index (κ1) is 15.4. The van der Waals surface area contributed by atoms with Crippen LogP contribution < -0.4 is 10.1 Å². The Hall–Kier alpha value is -2.03. The molecule has 2 nitrogen and oxygen atoms in total. The number of benzene rings is 2. The first-order valence-corrected chi connectivity index (χ1v) is 7.39. The van der Waals surface area contributed by atoms with Crippen molar-refractivity contribution in [2.45, 2.75) is 33.2 Å². The quantitative estimate of drug-likeness (QED) is 0.798. The van der Waals surface area contributed by atoms with Gasteiger partial charge in [0.25, 0.3) is 0 Å². The Morgan fingerprint density at radius 3 is 2.38 bits per heavy atom. The Balaban J connectivity index is 2.16. The van der Waals surface area contributed by atoms with Gasteiger partial charge in [0.05, 0.1) is 12.6 Å². The number of aryl methyl sites for hydroxylation is 1. The van der Waals surface area contributed by atoms with Gasteiger partial charge in [-0.1, -0.05) is 19.1 Å². The molecular formula is C18H22FNO. The monoisotopic (exact) mass is 287 g/mol. The summed E-state index contributed by atoms with van der Waals surface area (Å²) in [6, 6.07) is 12.9. The third-order valence-corrected chi connectivity index (χ3v) is 3.52. The number of rotatable bonds is 6. The lowest BCUT2D eigenvalue weighted by atomic mass is 10.0. The smallest absolute Gasteiger partial charge is 0.123 e. The van der Waals surface area contributed by atoms with Crippen molar-refractivity contribution in [3.63, 3.8) is 0 Å². The van der Waals surface area contributed by atoms with Crippen LogP contribution in [0.4, 0.5) is 10.1 Å². The molecule has 112 valence electrons. The van der Waals surface area contributed by atoms with E-state index in [9.17, 15) is 4.39 Å². The van der Waals surface area contributed by atoms with Crippen LogP contribution in [0.1, 0.15) is 37.4 Å². The van der Waals surface area contributed by atoms with E-state index in [2.05, 4.69) is 19.2 Å². The molecule has 0 aliphatic carbocycles. The normalized spacial score (nSPS) is 12.0. The molecule has 1 unspecified atom stereocenters. The molecule has 1 N–H and O–H groups in total. The summed E-state index contributed by atoms with van der Waals surface area (Å²) in [5.41, 5.74) is 3.31. The highest BCUT2D eigenvalue weighted by atomic mass is 19.1. The largest absolute Gasteiger partial charge is 0.494 e. The average Bonchev–Trinajstić information content (AvgIpc) is 2.48. The maximum absolute atomic E-state index is 13.0. The minimum Gasteiger partial charge on any atom is -0.494 e. The molecule has 2 aromatic rings. The van der Waals surface area contributed by atoms with E-state index in [4.69, 9.17) is 4.74 Å².